The average Bonchev–Trinajstić information content (AvgIpc) is 2.89. The van der Waals surface area contributed by atoms with Crippen LogP contribution in [0, 0.1) is 11.2 Å². The van der Waals surface area contributed by atoms with Gasteiger partial charge in [0, 0.05) is 19.2 Å². The van der Waals surface area contributed by atoms with Crippen LogP contribution in [0.2, 0.25) is 0 Å². The number of benzene rings is 1. The summed E-state index contributed by atoms with van der Waals surface area (Å²) in [5.74, 6) is -0.884. The Morgan fingerprint density at radius 1 is 1.52 bits per heavy atom. The lowest BCUT2D eigenvalue weighted by atomic mass is 9.90. The average molecular weight is 324 g/mol. The number of ether oxygens (including phenoxy) is 1. The van der Waals surface area contributed by atoms with E-state index in [9.17, 15) is 14.0 Å². The van der Waals surface area contributed by atoms with E-state index in [1.54, 1.807) is 26.0 Å². The molecule has 0 bridgehead atoms. The van der Waals surface area contributed by atoms with Crippen molar-refractivity contribution in [1.29, 1.82) is 0 Å². The Morgan fingerprint density at radius 3 is 2.87 bits per heavy atom. The summed E-state index contributed by atoms with van der Waals surface area (Å²) >= 11 is 0. The standard InChI is InChI=1S/C16H21FN2O4/c1-11(23-13-5-3-4-12(17)8-13)9-18-15(22)19-7-6-16(2,10-19)14(20)21/h3-5,8,11H,6-7,9-10H2,1-2H3,(H,18,22)(H,20,21). The molecule has 1 heterocycles. The van der Waals surface area contributed by atoms with Gasteiger partial charge in [-0.15, -0.1) is 0 Å². The van der Waals surface area contributed by atoms with Crippen molar-refractivity contribution in [2.24, 2.45) is 5.41 Å². The van der Waals surface area contributed by atoms with Crippen LogP contribution in [0.15, 0.2) is 24.3 Å². The Balaban J connectivity index is 1.79. The molecule has 1 fully saturated rings. The molecule has 2 rings (SSSR count). The van der Waals surface area contributed by atoms with Gasteiger partial charge in [0.2, 0.25) is 0 Å². The number of amides is 2. The fraction of sp³-hybridized carbons (Fsp3) is 0.500. The number of carboxylic acid groups (broad SMARTS) is 1. The number of aliphatic carboxylic acids is 1. The van der Waals surface area contributed by atoms with Gasteiger partial charge < -0.3 is 20.1 Å². The van der Waals surface area contributed by atoms with Crippen LogP contribution < -0.4 is 10.1 Å². The second-order valence-corrected chi connectivity index (χ2v) is 6.11. The number of carbonyl (C=O) groups excluding carboxylic acids is 1. The summed E-state index contributed by atoms with van der Waals surface area (Å²) in [5.41, 5.74) is -0.888. The molecule has 1 aromatic carbocycles. The molecule has 2 N–H and O–H groups in total. The smallest absolute Gasteiger partial charge is 0.317 e. The van der Waals surface area contributed by atoms with Gasteiger partial charge in [0.25, 0.3) is 0 Å². The highest BCUT2D eigenvalue weighted by Gasteiger charge is 2.42. The maximum atomic E-state index is 13.1. The third kappa shape index (κ3) is 4.34. The van der Waals surface area contributed by atoms with Crippen LogP contribution in [-0.4, -0.2) is 47.7 Å². The first kappa shape index (κ1) is 17.1. The lowest BCUT2D eigenvalue weighted by molar-refractivity contribution is -0.147. The fourth-order valence-electron chi connectivity index (χ4n) is 2.47. The van der Waals surface area contributed by atoms with E-state index >= 15 is 0 Å². The first-order chi connectivity index (χ1) is 10.8. The summed E-state index contributed by atoms with van der Waals surface area (Å²) in [7, 11) is 0. The van der Waals surface area contributed by atoms with E-state index < -0.39 is 11.4 Å². The summed E-state index contributed by atoms with van der Waals surface area (Å²) in [5, 5.41) is 11.9. The molecule has 2 unspecified atom stereocenters. The van der Waals surface area contributed by atoms with Gasteiger partial charge in [0.15, 0.2) is 0 Å². The third-order valence-electron chi connectivity index (χ3n) is 3.95. The predicted molar refractivity (Wildman–Crippen MR) is 81.8 cm³/mol. The lowest BCUT2D eigenvalue weighted by Crippen LogP contribution is -2.43. The Kier molecular flexibility index (Phi) is 5.08. The van der Waals surface area contributed by atoms with Gasteiger partial charge in [0.1, 0.15) is 17.7 Å². The molecular formula is C16H21FN2O4. The molecule has 2 atom stereocenters. The Bertz CT molecular complexity index is 595. The molecule has 126 valence electrons. The van der Waals surface area contributed by atoms with Gasteiger partial charge in [-0.25, -0.2) is 9.18 Å². The monoisotopic (exact) mass is 324 g/mol. The van der Waals surface area contributed by atoms with Crippen LogP contribution in [0.3, 0.4) is 0 Å². The SMILES string of the molecule is CC(CNC(=O)N1CCC(C)(C(=O)O)C1)Oc1cccc(F)c1. The van der Waals surface area contributed by atoms with Crippen molar-refractivity contribution in [1.82, 2.24) is 10.2 Å². The minimum absolute atomic E-state index is 0.188. The topological polar surface area (TPSA) is 78.9 Å². The Morgan fingerprint density at radius 2 is 2.26 bits per heavy atom. The first-order valence-electron chi connectivity index (χ1n) is 7.48. The van der Waals surface area contributed by atoms with Gasteiger partial charge in [0.05, 0.1) is 12.0 Å². The number of nitrogens with zero attached hydrogens (tertiary/aromatic N) is 1. The van der Waals surface area contributed by atoms with E-state index in [1.165, 1.54) is 17.0 Å². The quantitative estimate of drug-likeness (QED) is 0.869. The van der Waals surface area contributed by atoms with Crippen LogP contribution in [-0.2, 0) is 4.79 Å². The molecule has 1 aliphatic heterocycles. The number of urea groups is 1. The van der Waals surface area contributed by atoms with Crippen molar-refractivity contribution in [3.8, 4) is 5.75 Å². The molecule has 1 aromatic rings. The van der Waals surface area contributed by atoms with E-state index in [1.807, 2.05) is 0 Å². The summed E-state index contributed by atoms with van der Waals surface area (Å²) in [6.45, 7) is 4.24. The van der Waals surface area contributed by atoms with Gasteiger partial charge in [-0.3, -0.25) is 4.79 Å². The van der Waals surface area contributed by atoms with Crippen molar-refractivity contribution in [3.63, 3.8) is 0 Å². The first-order valence-corrected chi connectivity index (χ1v) is 7.48. The maximum Gasteiger partial charge on any atom is 0.317 e. The molecule has 0 saturated carbocycles. The van der Waals surface area contributed by atoms with Crippen molar-refractivity contribution in [2.75, 3.05) is 19.6 Å². The number of rotatable bonds is 5. The largest absolute Gasteiger partial charge is 0.489 e. The summed E-state index contributed by atoms with van der Waals surface area (Å²) in [4.78, 5) is 24.7. The highest BCUT2D eigenvalue weighted by atomic mass is 19.1. The zero-order valence-electron chi connectivity index (χ0n) is 13.2. The molecule has 23 heavy (non-hydrogen) atoms. The molecule has 0 spiro atoms. The Hall–Kier alpha value is -2.31. The van der Waals surface area contributed by atoms with E-state index in [4.69, 9.17) is 9.84 Å². The number of nitrogens with one attached hydrogen (secondary N) is 1. The van der Waals surface area contributed by atoms with E-state index in [-0.39, 0.29) is 31.0 Å². The van der Waals surface area contributed by atoms with Gasteiger partial charge >= 0.3 is 12.0 Å². The number of likely N-dealkylation sites (tertiary alicyclic amines) is 1. The molecule has 0 radical (unpaired) electrons. The molecule has 6 nitrogen and oxygen atoms in total. The number of carboxylic acids is 1. The van der Waals surface area contributed by atoms with Crippen LogP contribution in [0.4, 0.5) is 9.18 Å². The fourth-order valence-corrected chi connectivity index (χ4v) is 2.47. The van der Waals surface area contributed by atoms with E-state index in [2.05, 4.69) is 5.32 Å². The normalized spacial score (nSPS) is 21.8. The summed E-state index contributed by atoms with van der Waals surface area (Å²) in [6.07, 6.45) is 0.0969. The van der Waals surface area contributed by atoms with Gasteiger partial charge in [-0.2, -0.15) is 0 Å². The van der Waals surface area contributed by atoms with Gasteiger partial charge in [-0.05, 0) is 32.4 Å². The van der Waals surface area contributed by atoms with E-state index in [0.29, 0.717) is 18.7 Å². The molecule has 1 aliphatic rings. The van der Waals surface area contributed by atoms with E-state index in [0.717, 1.165) is 0 Å². The highest BCUT2D eigenvalue weighted by Crippen LogP contribution is 2.29. The van der Waals surface area contributed by atoms with Crippen molar-refractivity contribution >= 4 is 12.0 Å². The van der Waals surface area contributed by atoms with Crippen molar-refractivity contribution in [3.05, 3.63) is 30.1 Å². The zero-order chi connectivity index (χ0) is 17.0. The molecule has 0 aliphatic carbocycles. The highest BCUT2D eigenvalue weighted by molar-refractivity contribution is 5.79. The molecular weight excluding hydrogens is 303 g/mol. The molecule has 1 saturated heterocycles. The summed E-state index contributed by atoms with van der Waals surface area (Å²) < 4.78 is 18.6. The molecule has 2 amide bonds. The molecule has 0 aromatic heterocycles. The van der Waals surface area contributed by atoms with Crippen molar-refractivity contribution in [2.45, 2.75) is 26.4 Å². The maximum absolute atomic E-state index is 13.1. The second kappa shape index (κ2) is 6.85. The molecule has 7 heteroatoms. The third-order valence-corrected chi connectivity index (χ3v) is 3.95. The minimum Gasteiger partial charge on any atom is -0.489 e. The number of hydrogen-bond acceptors (Lipinski definition) is 3. The van der Waals surface area contributed by atoms with Crippen LogP contribution in [0.5, 0.6) is 5.75 Å². The number of hydrogen-bond donors (Lipinski definition) is 2. The van der Waals surface area contributed by atoms with Crippen LogP contribution in [0.25, 0.3) is 0 Å². The Labute approximate surface area is 134 Å². The second-order valence-electron chi connectivity index (χ2n) is 6.11. The summed E-state index contributed by atoms with van der Waals surface area (Å²) in [6, 6.07) is 5.47. The number of carbonyl (C=O) groups is 2. The predicted octanol–water partition coefficient (Wildman–Crippen LogP) is 2.10. The zero-order valence-corrected chi connectivity index (χ0v) is 13.2. The lowest BCUT2D eigenvalue weighted by Gasteiger charge is -2.22. The van der Waals surface area contributed by atoms with Crippen molar-refractivity contribution < 1.29 is 23.8 Å². The van der Waals surface area contributed by atoms with Gasteiger partial charge in [-0.1, -0.05) is 6.07 Å². The number of halogens is 1. The van der Waals surface area contributed by atoms with Crippen LogP contribution in [0.1, 0.15) is 20.3 Å². The minimum atomic E-state index is -0.893. The van der Waals surface area contributed by atoms with Crippen LogP contribution >= 0.6 is 0 Å².